The highest BCUT2D eigenvalue weighted by Crippen LogP contribution is 2.21. The second-order valence-electron chi connectivity index (χ2n) is 5.03. The number of nitrogens with two attached hydrogens (primary N) is 1. The van der Waals surface area contributed by atoms with Crippen LogP contribution in [0.15, 0.2) is 42.5 Å². The zero-order valence-corrected chi connectivity index (χ0v) is 11.8. The lowest BCUT2D eigenvalue weighted by atomic mass is 10.1. The molecular formula is C16H21N3. The molecule has 0 aliphatic heterocycles. The van der Waals surface area contributed by atoms with Crippen molar-refractivity contribution >= 4 is 5.69 Å². The number of rotatable bonds is 4. The van der Waals surface area contributed by atoms with Crippen molar-refractivity contribution in [2.45, 2.75) is 26.4 Å². The van der Waals surface area contributed by atoms with Crippen LogP contribution >= 0.6 is 0 Å². The van der Waals surface area contributed by atoms with Crippen molar-refractivity contribution in [1.82, 2.24) is 9.88 Å². The molecule has 100 valence electrons. The molecule has 0 saturated heterocycles. The predicted molar refractivity (Wildman–Crippen MR) is 79.7 cm³/mol. The van der Waals surface area contributed by atoms with Crippen molar-refractivity contribution in [3.05, 3.63) is 59.4 Å². The van der Waals surface area contributed by atoms with E-state index in [9.17, 15) is 0 Å². The Morgan fingerprint density at radius 2 is 1.84 bits per heavy atom. The highest BCUT2D eigenvalue weighted by Gasteiger charge is 2.12. The summed E-state index contributed by atoms with van der Waals surface area (Å²) in [5.41, 5.74) is 9.95. The van der Waals surface area contributed by atoms with Gasteiger partial charge < -0.3 is 5.73 Å². The minimum atomic E-state index is 0.336. The molecule has 2 aromatic rings. The van der Waals surface area contributed by atoms with Crippen LogP contribution in [0.2, 0.25) is 0 Å². The van der Waals surface area contributed by atoms with Gasteiger partial charge in [-0.3, -0.25) is 9.88 Å². The van der Waals surface area contributed by atoms with Crippen LogP contribution in [-0.2, 0) is 6.54 Å². The second-order valence-corrected chi connectivity index (χ2v) is 5.03. The summed E-state index contributed by atoms with van der Waals surface area (Å²) in [7, 11) is 2.12. The molecule has 0 saturated carbocycles. The van der Waals surface area contributed by atoms with E-state index in [0.717, 1.165) is 23.6 Å². The lowest BCUT2D eigenvalue weighted by molar-refractivity contribution is 0.250. The van der Waals surface area contributed by atoms with E-state index in [4.69, 9.17) is 5.73 Å². The van der Waals surface area contributed by atoms with Gasteiger partial charge in [0, 0.05) is 24.0 Å². The number of nitrogen functional groups attached to an aromatic ring is 1. The van der Waals surface area contributed by atoms with Crippen molar-refractivity contribution in [3.8, 4) is 0 Å². The van der Waals surface area contributed by atoms with Crippen molar-refractivity contribution < 1.29 is 0 Å². The first-order valence-corrected chi connectivity index (χ1v) is 6.54. The topological polar surface area (TPSA) is 42.1 Å². The van der Waals surface area contributed by atoms with Gasteiger partial charge in [-0.1, -0.05) is 18.2 Å². The number of hydrogen-bond acceptors (Lipinski definition) is 3. The van der Waals surface area contributed by atoms with Gasteiger partial charge in [0.1, 0.15) is 0 Å². The van der Waals surface area contributed by atoms with Gasteiger partial charge in [-0.05, 0) is 50.7 Å². The van der Waals surface area contributed by atoms with Crippen LogP contribution < -0.4 is 5.73 Å². The Morgan fingerprint density at radius 1 is 1.16 bits per heavy atom. The molecule has 1 aromatic heterocycles. The minimum absolute atomic E-state index is 0.336. The van der Waals surface area contributed by atoms with Crippen LogP contribution in [0.25, 0.3) is 0 Å². The number of benzene rings is 1. The summed E-state index contributed by atoms with van der Waals surface area (Å²) < 4.78 is 0. The third-order valence-corrected chi connectivity index (χ3v) is 3.44. The zero-order chi connectivity index (χ0) is 13.8. The summed E-state index contributed by atoms with van der Waals surface area (Å²) in [6.45, 7) is 5.06. The Labute approximate surface area is 115 Å². The molecule has 3 heteroatoms. The Kier molecular flexibility index (Phi) is 4.17. The smallest absolute Gasteiger partial charge is 0.0547 e. The second kappa shape index (κ2) is 5.85. The summed E-state index contributed by atoms with van der Waals surface area (Å²) in [5.74, 6) is 0. The molecular weight excluding hydrogens is 234 g/mol. The van der Waals surface area contributed by atoms with Gasteiger partial charge in [0.2, 0.25) is 0 Å². The Morgan fingerprint density at radius 3 is 2.47 bits per heavy atom. The Balaban J connectivity index is 2.07. The third-order valence-electron chi connectivity index (χ3n) is 3.44. The molecule has 1 heterocycles. The summed E-state index contributed by atoms with van der Waals surface area (Å²) in [5, 5.41) is 0. The standard InChI is InChI=1S/C16H21N3/c1-12-5-4-6-16(18-12)11-19(3)13(2)14-7-9-15(17)10-8-14/h4-10,13H,11,17H2,1-3H3. The van der Waals surface area contributed by atoms with Crippen molar-refractivity contribution in [1.29, 1.82) is 0 Å². The molecule has 19 heavy (non-hydrogen) atoms. The predicted octanol–water partition coefficient (Wildman–Crippen LogP) is 3.17. The van der Waals surface area contributed by atoms with E-state index in [1.54, 1.807) is 0 Å². The number of pyridine rings is 1. The largest absolute Gasteiger partial charge is 0.399 e. The molecule has 0 aliphatic rings. The lowest BCUT2D eigenvalue weighted by Crippen LogP contribution is -2.22. The summed E-state index contributed by atoms with van der Waals surface area (Å²) in [6.07, 6.45) is 0. The number of aromatic nitrogens is 1. The summed E-state index contributed by atoms with van der Waals surface area (Å²) >= 11 is 0. The van der Waals surface area contributed by atoms with E-state index in [0.29, 0.717) is 6.04 Å². The first-order valence-electron chi connectivity index (χ1n) is 6.54. The number of hydrogen-bond donors (Lipinski definition) is 1. The molecule has 2 N–H and O–H groups in total. The molecule has 0 radical (unpaired) electrons. The van der Waals surface area contributed by atoms with E-state index >= 15 is 0 Å². The lowest BCUT2D eigenvalue weighted by Gasteiger charge is -2.25. The number of nitrogens with zero attached hydrogens (tertiary/aromatic N) is 2. The van der Waals surface area contributed by atoms with Gasteiger partial charge in [0.25, 0.3) is 0 Å². The fourth-order valence-electron chi connectivity index (χ4n) is 2.11. The maximum absolute atomic E-state index is 5.72. The van der Waals surface area contributed by atoms with Crippen molar-refractivity contribution in [2.75, 3.05) is 12.8 Å². The normalized spacial score (nSPS) is 12.6. The quantitative estimate of drug-likeness (QED) is 0.853. The molecule has 1 unspecified atom stereocenters. The van der Waals surface area contributed by atoms with Crippen LogP contribution in [0, 0.1) is 6.92 Å². The van der Waals surface area contributed by atoms with Gasteiger partial charge >= 0.3 is 0 Å². The van der Waals surface area contributed by atoms with Gasteiger partial charge in [-0.15, -0.1) is 0 Å². The third kappa shape index (κ3) is 3.55. The van der Waals surface area contributed by atoms with E-state index in [-0.39, 0.29) is 0 Å². The molecule has 0 amide bonds. The molecule has 3 nitrogen and oxygen atoms in total. The SMILES string of the molecule is Cc1cccc(CN(C)C(C)c2ccc(N)cc2)n1. The summed E-state index contributed by atoms with van der Waals surface area (Å²) in [6, 6.07) is 14.5. The van der Waals surface area contributed by atoms with Gasteiger partial charge in [0.15, 0.2) is 0 Å². The van der Waals surface area contributed by atoms with Crippen molar-refractivity contribution in [2.24, 2.45) is 0 Å². The molecule has 2 rings (SSSR count). The van der Waals surface area contributed by atoms with Gasteiger partial charge in [-0.25, -0.2) is 0 Å². The van der Waals surface area contributed by atoms with Crippen molar-refractivity contribution in [3.63, 3.8) is 0 Å². The maximum Gasteiger partial charge on any atom is 0.0547 e. The van der Waals surface area contributed by atoms with Crippen LogP contribution in [0.3, 0.4) is 0 Å². The zero-order valence-electron chi connectivity index (χ0n) is 11.8. The van der Waals surface area contributed by atoms with E-state index < -0.39 is 0 Å². The van der Waals surface area contributed by atoms with E-state index in [1.165, 1.54) is 5.56 Å². The Hall–Kier alpha value is -1.87. The van der Waals surface area contributed by atoms with Gasteiger partial charge in [0.05, 0.1) is 5.69 Å². The highest BCUT2D eigenvalue weighted by molar-refractivity contribution is 5.40. The Bertz CT molecular complexity index is 534. The van der Waals surface area contributed by atoms with Crippen LogP contribution in [0.5, 0.6) is 0 Å². The van der Waals surface area contributed by atoms with Crippen LogP contribution in [0.4, 0.5) is 5.69 Å². The molecule has 0 bridgehead atoms. The number of anilines is 1. The average Bonchev–Trinajstić information content (AvgIpc) is 2.39. The molecule has 0 fully saturated rings. The fraction of sp³-hybridized carbons (Fsp3) is 0.312. The first-order chi connectivity index (χ1) is 9.06. The maximum atomic E-state index is 5.72. The van der Waals surface area contributed by atoms with E-state index in [1.807, 2.05) is 25.1 Å². The van der Waals surface area contributed by atoms with Crippen LogP contribution in [0.1, 0.15) is 29.9 Å². The average molecular weight is 255 g/mol. The molecule has 1 aromatic carbocycles. The first kappa shape index (κ1) is 13.6. The number of aryl methyl sites for hydroxylation is 1. The van der Waals surface area contributed by atoms with Gasteiger partial charge in [-0.2, -0.15) is 0 Å². The van der Waals surface area contributed by atoms with E-state index in [2.05, 4.69) is 48.1 Å². The summed E-state index contributed by atoms with van der Waals surface area (Å²) in [4.78, 5) is 6.83. The monoisotopic (exact) mass is 255 g/mol. The minimum Gasteiger partial charge on any atom is -0.399 e. The fourth-order valence-corrected chi connectivity index (χ4v) is 2.11. The van der Waals surface area contributed by atoms with Crippen LogP contribution in [-0.4, -0.2) is 16.9 Å². The molecule has 0 aliphatic carbocycles. The molecule has 1 atom stereocenters. The highest BCUT2D eigenvalue weighted by atomic mass is 15.1. The molecule has 0 spiro atoms.